The minimum atomic E-state index is 0.467. The van der Waals surface area contributed by atoms with Crippen LogP contribution in [0.1, 0.15) is 26.3 Å². The van der Waals surface area contributed by atoms with Gasteiger partial charge in [0.1, 0.15) is 5.82 Å². The average Bonchev–Trinajstić information content (AvgIpc) is 2.09. The Balaban J connectivity index is 3.04. The van der Waals surface area contributed by atoms with E-state index in [-0.39, 0.29) is 0 Å². The normalized spacial score (nSPS) is 10.6. The van der Waals surface area contributed by atoms with E-state index in [1.54, 1.807) is 6.20 Å². The molecule has 3 nitrogen and oxygen atoms in total. The molecule has 1 heterocycles. The Labute approximate surface area is 85.9 Å². The van der Waals surface area contributed by atoms with Gasteiger partial charge in [-0.3, -0.25) is 0 Å². The lowest BCUT2D eigenvalue weighted by molar-refractivity contribution is 0.691. The van der Waals surface area contributed by atoms with Crippen molar-refractivity contribution in [3.05, 3.63) is 17.8 Å². The van der Waals surface area contributed by atoms with Crippen molar-refractivity contribution in [2.75, 3.05) is 17.2 Å². The standard InChI is InChI=1S/C11H19N3/c1-5-14(8(2)3)11-9(4)6-10(12)7-13-11/h6-8H,5,12H2,1-4H3. The average molecular weight is 193 g/mol. The van der Waals surface area contributed by atoms with Crippen LogP contribution in [0.3, 0.4) is 0 Å². The number of anilines is 2. The van der Waals surface area contributed by atoms with E-state index >= 15 is 0 Å². The Bertz CT molecular complexity index is 307. The second-order valence-corrected chi connectivity index (χ2v) is 3.79. The van der Waals surface area contributed by atoms with E-state index in [0.29, 0.717) is 6.04 Å². The highest BCUT2D eigenvalue weighted by Crippen LogP contribution is 2.20. The first-order valence-corrected chi connectivity index (χ1v) is 5.05. The van der Waals surface area contributed by atoms with Gasteiger partial charge in [-0.25, -0.2) is 4.98 Å². The summed E-state index contributed by atoms with van der Waals surface area (Å²) in [6.45, 7) is 9.48. The molecule has 0 bridgehead atoms. The van der Waals surface area contributed by atoms with Crippen molar-refractivity contribution in [3.63, 3.8) is 0 Å². The summed E-state index contributed by atoms with van der Waals surface area (Å²) in [5.41, 5.74) is 7.53. The van der Waals surface area contributed by atoms with Crippen LogP contribution < -0.4 is 10.6 Å². The predicted octanol–water partition coefficient (Wildman–Crippen LogP) is 2.21. The van der Waals surface area contributed by atoms with Crippen molar-refractivity contribution in [2.45, 2.75) is 33.7 Å². The Hall–Kier alpha value is -1.25. The summed E-state index contributed by atoms with van der Waals surface area (Å²) in [5.74, 6) is 1.04. The molecule has 0 aliphatic heterocycles. The molecule has 0 atom stereocenters. The highest BCUT2D eigenvalue weighted by Gasteiger charge is 2.11. The summed E-state index contributed by atoms with van der Waals surface area (Å²) in [4.78, 5) is 6.63. The van der Waals surface area contributed by atoms with Crippen molar-refractivity contribution in [1.29, 1.82) is 0 Å². The number of aryl methyl sites for hydroxylation is 1. The second-order valence-electron chi connectivity index (χ2n) is 3.79. The number of rotatable bonds is 3. The predicted molar refractivity (Wildman–Crippen MR) is 61.5 cm³/mol. The highest BCUT2D eigenvalue weighted by atomic mass is 15.2. The van der Waals surface area contributed by atoms with E-state index in [0.717, 1.165) is 23.6 Å². The van der Waals surface area contributed by atoms with Crippen LogP contribution in [0, 0.1) is 6.92 Å². The largest absolute Gasteiger partial charge is 0.397 e. The molecule has 0 saturated heterocycles. The molecule has 3 heteroatoms. The van der Waals surface area contributed by atoms with Crippen molar-refractivity contribution >= 4 is 11.5 Å². The van der Waals surface area contributed by atoms with E-state index in [1.807, 2.05) is 13.0 Å². The van der Waals surface area contributed by atoms with Crippen molar-refractivity contribution < 1.29 is 0 Å². The van der Waals surface area contributed by atoms with Gasteiger partial charge in [0.05, 0.1) is 11.9 Å². The van der Waals surface area contributed by atoms with Crippen LogP contribution >= 0.6 is 0 Å². The molecule has 0 amide bonds. The van der Waals surface area contributed by atoms with Crippen molar-refractivity contribution in [2.24, 2.45) is 0 Å². The van der Waals surface area contributed by atoms with Gasteiger partial charge < -0.3 is 10.6 Å². The fraction of sp³-hybridized carbons (Fsp3) is 0.545. The molecule has 0 aliphatic rings. The monoisotopic (exact) mass is 193 g/mol. The first-order chi connectivity index (χ1) is 6.56. The fourth-order valence-corrected chi connectivity index (χ4v) is 1.65. The molecule has 0 aliphatic carbocycles. The Kier molecular flexibility index (Phi) is 3.33. The summed E-state index contributed by atoms with van der Waals surface area (Å²) in [5, 5.41) is 0. The Morgan fingerprint density at radius 3 is 2.57 bits per heavy atom. The lowest BCUT2D eigenvalue weighted by atomic mass is 10.2. The Morgan fingerprint density at radius 1 is 1.50 bits per heavy atom. The van der Waals surface area contributed by atoms with Crippen LogP contribution in [-0.4, -0.2) is 17.6 Å². The molecule has 0 radical (unpaired) electrons. The highest BCUT2D eigenvalue weighted by molar-refractivity contribution is 5.52. The third kappa shape index (κ3) is 2.16. The van der Waals surface area contributed by atoms with Gasteiger partial charge in [0.15, 0.2) is 0 Å². The summed E-state index contributed by atoms with van der Waals surface area (Å²) in [6, 6.07) is 2.43. The van der Waals surface area contributed by atoms with Crippen LogP contribution in [0.4, 0.5) is 11.5 Å². The van der Waals surface area contributed by atoms with Crippen molar-refractivity contribution in [1.82, 2.24) is 4.98 Å². The quantitative estimate of drug-likeness (QED) is 0.800. The molecule has 78 valence electrons. The van der Waals surface area contributed by atoms with Crippen LogP contribution in [0.5, 0.6) is 0 Å². The third-order valence-electron chi connectivity index (χ3n) is 2.31. The molecule has 14 heavy (non-hydrogen) atoms. The number of nitrogens with zero attached hydrogens (tertiary/aromatic N) is 2. The number of pyridine rings is 1. The number of nitrogen functional groups attached to an aromatic ring is 1. The molecule has 0 fully saturated rings. The van der Waals surface area contributed by atoms with Gasteiger partial charge in [0.25, 0.3) is 0 Å². The van der Waals surface area contributed by atoms with Gasteiger partial charge in [-0.2, -0.15) is 0 Å². The lowest BCUT2D eigenvalue weighted by Crippen LogP contribution is -2.31. The maximum absolute atomic E-state index is 5.66. The number of hydrogen-bond donors (Lipinski definition) is 1. The van der Waals surface area contributed by atoms with E-state index in [2.05, 4.69) is 30.7 Å². The maximum atomic E-state index is 5.66. The number of aromatic nitrogens is 1. The third-order valence-corrected chi connectivity index (χ3v) is 2.31. The molecule has 0 aromatic carbocycles. The van der Waals surface area contributed by atoms with Gasteiger partial charge in [-0.1, -0.05) is 0 Å². The van der Waals surface area contributed by atoms with Gasteiger partial charge in [0.2, 0.25) is 0 Å². The van der Waals surface area contributed by atoms with E-state index in [1.165, 1.54) is 0 Å². The van der Waals surface area contributed by atoms with Gasteiger partial charge in [0, 0.05) is 12.6 Å². The topological polar surface area (TPSA) is 42.2 Å². The first kappa shape index (κ1) is 10.8. The summed E-state index contributed by atoms with van der Waals surface area (Å²) >= 11 is 0. The molecule has 0 spiro atoms. The van der Waals surface area contributed by atoms with E-state index in [4.69, 9.17) is 5.73 Å². The van der Waals surface area contributed by atoms with Crippen molar-refractivity contribution in [3.8, 4) is 0 Å². The zero-order valence-corrected chi connectivity index (χ0v) is 9.41. The number of hydrogen-bond acceptors (Lipinski definition) is 3. The van der Waals surface area contributed by atoms with Gasteiger partial charge >= 0.3 is 0 Å². The molecule has 0 saturated carbocycles. The van der Waals surface area contributed by atoms with Crippen LogP contribution in [0.25, 0.3) is 0 Å². The van der Waals surface area contributed by atoms with Gasteiger partial charge in [-0.15, -0.1) is 0 Å². The molecule has 1 rings (SSSR count). The van der Waals surface area contributed by atoms with Crippen LogP contribution in [-0.2, 0) is 0 Å². The van der Waals surface area contributed by atoms with Crippen LogP contribution in [0.2, 0.25) is 0 Å². The fourth-order valence-electron chi connectivity index (χ4n) is 1.65. The molecule has 2 N–H and O–H groups in total. The molecular formula is C11H19N3. The van der Waals surface area contributed by atoms with E-state index in [9.17, 15) is 0 Å². The first-order valence-electron chi connectivity index (χ1n) is 5.05. The zero-order chi connectivity index (χ0) is 10.7. The van der Waals surface area contributed by atoms with E-state index < -0.39 is 0 Å². The summed E-state index contributed by atoms with van der Waals surface area (Å²) in [7, 11) is 0. The second kappa shape index (κ2) is 4.31. The summed E-state index contributed by atoms with van der Waals surface area (Å²) in [6.07, 6.45) is 1.72. The number of nitrogens with two attached hydrogens (primary N) is 1. The minimum Gasteiger partial charge on any atom is -0.397 e. The zero-order valence-electron chi connectivity index (χ0n) is 9.41. The summed E-state index contributed by atoms with van der Waals surface area (Å²) < 4.78 is 0. The minimum absolute atomic E-state index is 0.467. The Morgan fingerprint density at radius 2 is 2.14 bits per heavy atom. The molecule has 1 aromatic heterocycles. The maximum Gasteiger partial charge on any atom is 0.131 e. The smallest absolute Gasteiger partial charge is 0.131 e. The molecule has 1 aromatic rings. The molecule has 0 unspecified atom stereocenters. The SMILES string of the molecule is CCN(c1ncc(N)cc1C)C(C)C. The van der Waals surface area contributed by atoms with Gasteiger partial charge in [-0.05, 0) is 39.3 Å². The van der Waals surface area contributed by atoms with Crippen LogP contribution in [0.15, 0.2) is 12.3 Å². The lowest BCUT2D eigenvalue weighted by Gasteiger charge is -2.27. The molecular weight excluding hydrogens is 174 g/mol.